The highest BCUT2D eigenvalue weighted by molar-refractivity contribution is 14.1. The fourth-order valence-corrected chi connectivity index (χ4v) is 3.60. The molecule has 22 heavy (non-hydrogen) atoms. The fourth-order valence-electron chi connectivity index (χ4n) is 3.11. The Bertz CT molecular complexity index is 800. The molecule has 1 unspecified atom stereocenters. The van der Waals surface area contributed by atoms with Crippen molar-refractivity contribution in [2.45, 2.75) is 19.4 Å². The Morgan fingerprint density at radius 3 is 2.86 bits per heavy atom. The average Bonchev–Trinajstić information content (AvgIpc) is 2.96. The van der Waals surface area contributed by atoms with Crippen LogP contribution in [0.15, 0.2) is 29.2 Å². The zero-order valence-corrected chi connectivity index (χ0v) is 14.4. The number of aromatic nitrogens is 1. The molecular weight excluding hydrogens is 395 g/mol. The van der Waals surface area contributed by atoms with Crippen LogP contribution in [0.5, 0.6) is 0 Å². The van der Waals surface area contributed by atoms with Crippen LogP contribution in [0, 0.1) is 3.57 Å². The molecule has 1 atom stereocenters. The molecule has 1 aromatic carbocycles. The van der Waals surface area contributed by atoms with Crippen LogP contribution < -0.4 is 5.43 Å². The molecule has 1 N–H and O–H groups in total. The first-order valence-electron chi connectivity index (χ1n) is 7.31. The zero-order valence-electron chi connectivity index (χ0n) is 12.3. The van der Waals surface area contributed by atoms with Gasteiger partial charge in [-0.25, -0.2) is 4.79 Å². The van der Waals surface area contributed by atoms with E-state index in [0.717, 1.165) is 35.1 Å². The Morgan fingerprint density at radius 1 is 1.45 bits per heavy atom. The molecule has 2 aromatic rings. The Balaban J connectivity index is 2.23. The average molecular weight is 412 g/mol. The van der Waals surface area contributed by atoms with Crippen molar-refractivity contribution in [3.8, 4) is 0 Å². The van der Waals surface area contributed by atoms with Crippen LogP contribution in [-0.2, 0) is 0 Å². The summed E-state index contributed by atoms with van der Waals surface area (Å²) >= 11 is 2.14. The number of halogens is 1. The number of likely N-dealkylation sites (tertiary alicyclic amines) is 1. The first-order valence-corrected chi connectivity index (χ1v) is 8.39. The van der Waals surface area contributed by atoms with Gasteiger partial charge in [0, 0.05) is 34.3 Å². The summed E-state index contributed by atoms with van der Waals surface area (Å²) in [5, 5.41) is 9.82. The molecule has 0 spiro atoms. The van der Waals surface area contributed by atoms with Crippen molar-refractivity contribution < 1.29 is 9.90 Å². The first kappa shape index (κ1) is 15.5. The molecule has 1 aromatic heterocycles. The Hall–Kier alpha value is -1.41. The number of pyridine rings is 1. The van der Waals surface area contributed by atoms with Crippen molar-refractivity contribution in [1.82, 2.24) is 9.47 Å². The summed E-state index contributed by atoms with van der Waals surface area (Å²) in [6.45, 7) is 5.00. The predicted octanol–water partition coefficient (Wildman–Crippen LogP) is 2.57. The highest BCUT2D eigenvalue weighted by Gasteiger charge is 2.25. The predicted molar refractivity (Wildman–Crippen MR) is 93.7 cm³/mol. The van der Waals surface area contributed by atoms with E-state index < -0.39 is 11.4 Å². The maximum Gasteiger partial charge on any atom is 0.341 e. The number of carboxylic acids is 1. The fraction of sp³-hybridized carbons (Fsp3) is 0.375. The van der Waals surface area contributed by atoms with E-state index in [4.69, 9.17) is 0 Å². The van der Waals surface area contributed by atoms with Crippen LogP contribution in [0.1, 0.15) is 29.7 Å². The number of aromatic carboxylic acids is 1. The van der Waals surface area contributed by atoms with Gasteiger partial charge in [0.2, 0.25) is 5.43 Å². The lowest BCUT2D eigenvalue weighted by molar-refractivity contribution is 0.0694. The molecule has 1 saturated heterocycles. The van der Waals surface area contributed by atoms with Crippen LogP contribution in [0.2, 0.25) is 0 Å². The second-order valence-electron chi connectivity index (χ2n) is 5.58. The molecule has 0 radical (unpaired) electrons. The van der Waals surface area contributed by atoms with E-state index in [0.29, 0.717) is 5.39 Å². The minimum atomic E-state index is -1.16. The lowest BCUT2D eigenvalue weighted by Crippen LogP contribution is -2.24. The van der Waals surface area contributed by atoms with Crippen molar-refractivity contribution in [3.63, 3.8) is 0 Å². The molecule has 0 saturated carbocycles. The number of nitrogens with zero attached hydrogens (tertiary/aromatic N) is 2. The van der Waals surface area contributed by atoms with Crippen molar-refractivity contribution in [2.24, 2.45) is 0 Å². The molecule has 1 fully saturated rings. The maximum atomic E-state index is 12.4. The lowest BCUT2D eigenvalue weighted by Gasteiger charge is -2.19. The Morgan fingerprint density at radius 2 is 2.23 bits per heavy atom. The van der Waals surface area contributed by atoms with Gasteiger partial charge in [0.05, 0.1) is 5.52 Å². The monoisotopic (exact) mass is 412 g/mol. The van der Waals surface area contributed by atoms with Crippen molar-refractivity contribution in [1.29, 1.82) is 0 Å². The summed E-state index contributed by atoms with van der Waals surface area (Å²) in [6.07, 6.45) is 2.49. The van der Waals surface area contributed by atoms with E-state index in [9.17, 15) is 14.7 Å². The van der Waals surface area contributed by atoms with Crippen LogP contribution in [-0.4, -0.2) is 40.2 Å². The second kappa shape index (κ2) is 6.00. The van der Waals surface area contributed by atoms with Gasteiger partial charge in [-0.2, -0.15) is 0 Å². The smallest absolute Gasteiger partial charge is 0.341 e. The third kappa shape index (κ3) is 2.65. The van der Waals surface area contributed by atoms with E-state index in [1.807, 2.05) is 16.7 Å². The van der Waals surface area contributed by atoms with E-state index >= 15 is 0 Å². The molecular formula is C16H17IN2O3. The van der Waals surface area contributed by atoms with Gasteiger partial charge < -0.3 is 14.6 Å². The van der Waals surface area contributed by atoms with E-state index in [2.05, 4.69) is 34.4 Å². The van der Waals surface area contributed by atoms with Crippen LogP contribution >= 0.6 is 22.6 Å². The van der Waals surface area contributed by atoms with Gasteiger partial charge >= 0.3 is 5.97 Å². The molecule has 0 aliphatic carbocycles. The third-order valence-corrected chi connectivity index (χ3v) is 4.98. The normalized spacial score (nSPS) is 18.9. The number of carbonyl (C=O) groups is 1. The van der Waals surface area contributed by atoms with Crippen molar-refractivity contribution in [3.05, 3.63) is 43.8 Å². The number of fused-ring (bicyclic) bond motifs is 1. The minimum absolute atomic E-state index is 0.149. The summed E-state index contributed by atoms with van der Waals surface area (Å²) in [5.74, 6) is -1.16. The highest BCUT2D eigenvalue weighted by atomic mass is 127. The van der Waals surface area contributed by atoms with Gasteiger partial charge in [0.1, 0.15) is 5.56 Å². The van der Waals surface area contributed by atoms with E-state index in [1.165, 1.54) is 6.20 Å². The van der Waals surface area contributed by atoms with Crippen LogP contribution in [0.3, 0.4) is 0 Å². The summed E-state index contributed by atoms with van der Waals surface area (Å²) < 4.78 is 2.91. The van der Waals surface area contributed by atoms with E-state index in [1.54, 1.807) is 6.07 Å². The molecule has 0 amide bonds. The topological polar surface area (TPSA) is 62.5 Å². The summed E-state index contributed by atoms with van der Waals surface area (Å²) in [4.78, 5) is 26.1. The first-order chi connectivity index (χ1) is 10.5. The number of hydrogen-bond donors (Lipinski definition) is 1. The molecule has 1 aliphatic heterocycles. The molecule has 0 bridgehead atoms. The van der Waals surface area contributed by atoms with Crippen LogP contribution in [0.4, 0.5) is 0 Å². The Kier molecular flexibility index (Phi) is 4.22. The number of benzene rings is 1. The Labute approximate surface area is 141 Å². The van der Waals surface area contributed by atoms with Gasteiger partial charge in [-0.15, -0.1) is 0 Å². The minimum Gasteiger partial charge on any atom is -0.477 e. The summed E-state index contributed by atoms with van der Waals surface area (Å²) in [5.41, 5.74) is 0.269. The quantitative estimate of drug-likeness (QED) is 0.788. The molecule has 6 heteroatoms. The molecule has 3 rings (SSSR count). The van der Waals surface area contributed by atoms with Crippen molar-refractivity contribution in [2.75, 3.05) is 19.6 Å². The second-order valence-corrected chi connectivity index (χ2v) is 6.83. The third-order valence-electron chi connectivity index (χ3n) is 4.31. The largest absolute Gasteiger partial charge is 0.477 e. The number of hydrogen-bond acceptors (Lipinski definition) is 3. The van der Waals surface area contributed by atoms with Crippen molar-refractivity contribution >= 4 is 39.5 Å². The van der Waals surface area contributed by atoms with Gasteiger partial charge in [-0.05, 0) is 53.8 Å². The summed E-state index contributed by atoms with van der Waals surface area (Å²) in [7, 11) is 0. The molecule has 2 heterocycles. The van der Waals surface area contributed by atoms with Gasteiger partial charge in [0.25, 0.3) is 0 Å². The molecule has 5 nitrogen and oxygen atoms in total. The standard InChI is InChI=1S/C16H17IN2O3/c1-2-18-6-5-11(8-18)19-9-13(16(21)22)15(20)12-7-10(17)3-4-14(12)19/h3-4,7,9,11H,2,5-6,8H2,1H3,(H,21,22). The van der Waals surface area contributed by atoms with Gasteiger partial charge in [-0.3, -0.25) is 4.79 Å². The number of carboxylic acid groups (broad SMARTS) is 1. The van der Waals surface area contributed by atoms with Gasteiger partial charge in [-0.1, -0.05) is 6.92 Å². The lowest BCUT2D eigenvalue weighted by atomic mass is 10.1. The highest BCUT2D eigenvalue weighted by Crippen LogP contribution is 2.26. The van der Waals surface area contributed by atoms with E-state index in [-0.39, 0.29) is 11.6 Å². The summed E-state index contributed by atoms with van der Waals surface area (Å²) in [6, 6.07) is 5.85. The zero-order chi connectivity index (χ0) is 15.9. The maximum absolute atomic E-state index is 12.4. The van der Waals surface area contributed by atoms with Gasteiger partial charge in [0.15, 0.2) is 0 Å². The molecule has 116 valence electrons. The molecule has 1 aliphatic rings. The SMILES string of the molecule is CCN1CCC(n2cc(C(=O)O)c(=O)c3cc(I)ccc32)C1. The van der Waals surface area contributed by atoms with Crippen LogP contribution in [0.25, 0.3) is 10.9 Å². The number of rotatable bonds is 3. The number of likely N-dealkylation sites (N-methyl/N-ethyl adjacent to an activating group) is 1.